The quantitative estimate of drug-likeness (QED) is 0.603. The predicted octanol–water partition coefficient (Wildman–Crippen LogP) is -0.0131. The molecule has 1 amide bonds. The molecule has 1 heterocycles. The lowest BCUT2D eigenvalue weighted by Crippen LogP contribution is -2.50. The Morgan fingerprint density at radius 1 is 1.33 bits per heavy atom. The summed E-state index contributed by atoms with van der Waals surface area (Å²) in [7, 11) is 0.150. The van der Waals surface area contributed by atoms with Gasteiger partial charge in [-0.25, -0.2) is 13.1 Å². The zero-order valence-corrected chi connectivity index (χ0v) is 16.7. The Kier molecular flexibility index (Phi) is 6.48. The Labute approximate surface area is 160 Å². The monoisotopic (exact) mass is 399 g/mol. The lowest BCUT2D eigenvalue weighted by Gasteiger charge is -2.34. The van der Waals surface area contributed by atoms with Gasteiger partial charge >= 0.3 is 0 Å². The van der Waals surface area contributed by atoms with Gasteiger partial charge in [0.2, 0.25) is 15.9 Å². The van der Waals surface area contributed by atoms with Crippen molar-refractivity contribution in [3.8, 4) is 0 Å². The van der Waals surface area contributed by atoms with Crippen LogP contribution in [0.4, 0.5) is 0 Å². The van der Waals surface area contributed by atoms with Crippen molar-refractivity contribution < 1.29 is 17.9 Å². The number of sulfonamides is 1. The molecule has 3 rings (SSSR count). The van der Waals surface area contributed by atoms with Crippen LogP contribution in [0.3, 0.4) is 0 Å². The Balaban J connectivity index is 1.46. The third-order valence-electron chi connectivity index (χ3n) is 5.40. The number of ether oxygens (including phenoxy) is 1. The molecule has 152 valence electrons. The third kappa shape index (κ3) is 5.73. The minimum absolute atomic E-state index is 0.0153. The molecule has 0 spiro atoms. The van der Waals surface area contributed by atoms with E-state index in [1.165, 1.54) is 0 Å². The molecule has 0 aliphatic heterocycles. The van der Waals surface area contributed by atoms with E-state index < -0.39 is 10.0 Å². The van der Waals surface area contributed by atoms with Crippen LogP contribution >= 0.6 is 0 Å². The van der Waals surface area contributed by atoms with Crippen LogP contribution in [-0.2, 0) is 33.0 Å². The van der Waals surface area contributed by atoms with Crippen molar-refractivity contribution in [2.75, 3.05) is 19.4 Å². The van der Waals surface area contributed by atoms with Crippen molar-refractivity contribution in [2.24, 2.45) is 18.9 Å². The number of methoxy groups -OCH3 is 1. The fourth-order valence-electron chi connectivity index (χ4n) is 3.61. The molecule has 0 unspecified atom stereocenters. The first-order valence-electron chi connectivity index (χ1n) is 9.51. The van der Waals surface area contributed by atoms with Gasteiger partial charge in [0.15, 0.2) is 0 Å². The molecule has 0 aromatic carbocycles. The van der Waals surface area contributed by atoms with E-state index in [1.54, 1.807) is 13.4 Å². The Hall–Kier alpha value is -1.52. The van der Waals surface area contributed by atoms with Crippen molar-refractivity contribution >= 4 is 15.9 Å². The van der Waals surface area contributed by atoms with Crippen LogP contribution in [0.25, 0.3) is 0 Å². The molecule has 2 aliphatic rings. The van der Waals surface area contributed by atoms with Gasteiger partial charge < -0.3 is 14.6 Å². The van der Waals surface area contributed by atoms with E-state index in [9.17, 15) is 13.2 Å². The van der Waals surface area contributed by atoms with Crippen LogP contribution in [0.2, 0.25) is 0 Å². The molecule has 0 radical (unpaired) electrons. The number of amides is 1. The van der Waals surface area contributed by atoms with E-state index >= 15 is 0 Å². The van der Waals surface area contributed by atoms with Crippen LogP contribution in [0, 0.1) is 11.8 Å². The van der Waals surface area contributed by atoms with Gasteiger partial charge in [-0.2, -0.15) is 0 Å². The van der Waals surface area contributed by atoms with Crippen LogP contribution in [0.15, 0.2) is 6.33 Å². The van der Waals surface area contributed by atoms with Gasteiger partial charge in [0, 0.05) is 39.1 Å². The first kappa shape index (κ1) is 20.2. The molecular weight excluding hydrogens is 370 g/mol. The summed E-state index contributed by atoms with van der Waals surface area (Å²) in [5.41, 5.74) is 0. The van der Waals surface area contributed by atoms with E-state index in [-0.39, 0.29) is 29.7 Å². The summed E-state index contributed by atoms with van der Waals surface area (Å²) < 4.78 is 34.6. The Bertz CT molecular complexity index is 746. The highest BCUT2D eigenvalue weighted by molar-refractivity contribution is 7.89. The highest BCUT2D eigenvalue weighted by Gasteiger charge is 2.37. The first-order valence-corrected chi connectivity index (χ1v) is 11.2. The zero-order valence-electron chi connectivity index (χ0n) is 15.9. The molecule has 2 N–H and O–H groups in total. The molecule has 9 nitrogen and oxygen atoms in total. The number of nitrogens with zero attached hydrogens (tertiary/aromatic N) is 3. The van der Waals surface area contributed by atoms with E-state index in [0.29, 0.717) is 38.1 Å². The van der Waals surface area contributed by atoms with Gasteiger partial charge in [0.1, 0.15) is 12.2 Å². The molecule has 2 saturated carbocycles. The van der Waals surface area contributed by atoms with Crippen LogP contribution in [0.5, 0.6) is 0 Å². The van der Waals surface area contributed by atoms with Crippen molar-refractivity contribution in [2.45, 2.75) is 50.7 Å². The van der Waals surface area contributed by atoms with Gasteiger partial charge in [0.05, 0.1) is 11.9 Å². The van der Waals surface area contributed by atoms with Crippen molar-refractivity contribution in [3.05, 3.63) is 12.2 Å². The van der Waals surface area contributed by atoms with Gasteiger partial charge in [-0.05, 0) is 38.0 Å². The number of aryl methyl sites for hydroxylation is 1. The molecule has 0 bridgehead atoms. The second-order valence-electron chi connectivity index (χ2n) is 7.63. The smallest absolute Gasteiger partial charge is 0.223 e. The SMILES string of the molecule is CO[C@H]1C[C@@H](C(=O)NCCc2nncn2C)CC[C@@H]1NS(=O)(=O)CC1CC1. The highest BCUT2D eigenvalue weighted by atomic mass is 32.2. The van der Waals surface area contributed by atoms with Crippen molar-refractivity contribution in [1.29, 1.82) is 0 Å². The molecule has 27 heavy (non-hydrogen) atoms. The number of carbonyl (C=O) groups is 1. The second-order valence-corrected chi connectivity index (χ2v) is 9.43. The molecule has 3 atom stereocenters. The molecule has 1 aromatic heterocycles. The summed E-state index contributed by atoms with van der Waals surface area (Å²) in [6.45, 7) is 0.497. The van der Waals surface area contributed by atoms with Gasteiger partial charge in [-0.1, -0.05) is 0 Å². The van der Waals surface area contributed by atoms with E-state index in [0.717, 1.165) is 18.7 Å². The summed E-state index contributed by atoms with van der Waals surface area (Å²) in [4.78, 5) is 12.5. The van der Waals surface area contributed by atoms with Crippen molar-refractivity contribution in [3.63, 3.8) is 0 Å². The first-order chi connectivity index (χ1) is 12.9. The lowest BCUT2D eigenvalue weighted by molar-refractivity contribution is -0.127. The minimum Gasteiger partial charge on any atom is -0.380 e. The summed E-state index contributed by atoms with van der Waals surface area (Å²) in [6.07, 6.45) is 5.71. The minimum atomic E-state index is -3.29. The maximum absolute atomic E-state index is 12.5. The average molecular weight is 400 g/mol. The number of aromatic nitrogens is 3. The molecule has 10 heteroatoms. The van der Waals surface area contributed by atoms with Crippen LogP contribution < -0.4 is 10.0 Å². The lowest BCUT2D eigenvalue weighted by atomic mass is 9.83. The van der Waals surface area contributed by atoms with E-state index in [4.69, 9.17) is 4.74 Å². The van der Waals surface area contributed by atoms with Crippen LogP contribution in [-0.4, -0.2) is 60.6 Å². The molecule has 0 saturated heterocycles. The molecular formula is C17H29N5O4S. The summed E-state index contributed by atoms with van der Waals surface area (Å²) in [6, 6.07) is -0.263. The molecule has 2 fully saturated rings. The fourth-order valence-corrected chi connectivity index (χ4v) is 5.39. The van der Waals surface area contributed by atoms with Gasteiger partial charge in [-0.3, -0.25) is 4.79 Å². The number of rotatable bonds is 9. The predicted molar refractivity (Wildman–Crippen MR) is 99.3 cm³/mol. The zero-order chi connectivity index (χ0) is 19.4. The topological polar surface area (TPSA) is 115 Å². The van der Waals surface area contributed by atoms with Crippen LogP contribution in [0.1, 0.15) is 37.9 Å². The number of nitrogens with one attached hydrogen (secondary N) is 2. The Morgan fingerprint density at radius 2 is 2.11 bits per heavy atom. The van der Waals surface area contributed by atoms with Gasteiger partial charge in [0.25, 0.3) is 0 Å². The normalized spacial score (nSPS) is 26.1. The second kappa shape index (κ2) is 8.66. The molecule has 2 aliphatic carbocycles. The largest absolute Gasteiger partial charge is 0.380 e. The standard InChI is InChI=1S/C17H29N5O4S/c1-22-11-19-20-16(22)7-8-18-17(23)13-5-6-14(15(9-13)26-2)21-27(24,25)10-12-3-4-12/h11-15,21H,3-10H2,1-2H3,(H,18,23)/t13-,14-,15-/m0/s1. The summed E-state index contributed by atoms with van der Waals surface area (Å²) >= 11 is 0. The Morgan fingerprint density at radius 3 is 2.74 bits per heavy atom. The van der Waals surface area contributed by atoms with E-state index in [1.807, 2.05) is 11.6 Å². The maximum Gasteiger partial charge on any atom is 0.223 e. The van der Waals surface area contributed by atoms with Crippen molar-refractivity contribution in [1.82, 2.24) is 24.8 Å². The molecule has 1 aromatic rings. The summed E-state index contributed by atoms with van der Waals surface area (Å²) in [5, 5.41) is 10.8. The van der Waals surface area contributed by atoms with Gasteiger partial charge in [-0.15, -0.1) is 10.2 Å². The maximum atomic E-state index is 12.5. The fraction of sp³-hybridized carbons (Fsp3) is 0.824. The average Bonchev–Trinajstić information content (AvgIpc) is 3.33. The van der Waals surface area contributed by atoms with E-state index in [2.05, 4.69) is 20.2 Å². The highest BCUT2D eigenvalue weighted by Crippen LogP contribution is 2.31. The number of hydrogen-bond donors (Lipinski definition) is 2. The third-order valence-corrected chi connectivity index (χ3v) is 6.97. The number of carbonyl (C=O) groups excluding carboxylic acids is 1. The summed E-state index contributed by atoms with van der Waals surface area (Å²) in [5.74, 6) is 1.14. The number of hydrogen-bond acceptors (Lipinski definition) is 6.